The zero-order valence-electron chi connectivity index (χ0n) is 13.1. The molecule has 0 bridgehead atoms. The van der Waals surface area contributed by atoms with Crippen LogP contribution in [0.2, 0.25) is 0 Å². The number of nitrogens with zero attached hydrogens (tertiary/aromatic N) is 1. The third-order valence-electron chi connectivity index (χ3n) is 2.86. The molecule has 1 aromatic rings. The molecule has 0 radical (unpaired) electrons. The molecule has 0 saturated carbocycles. The van der Waals surface area contributed by atoms with Crippen molar-refractivity contribution in [2.24, 2.45) is 0 Å². The molecule has 0 spiro atoms. The molecule has 1 atom stereocenters. The topological polar surface area (TPSA) is 41.6 Å². The van der Waals surface area contributed by atoms with Gasteiger partial charge >= 0.3 is 0 Å². The Balaban J connectivity index is 2.52. The van der Waals surface area contributed by atoms with Crippen molar-refractivity contribution in [3.05, 3.63) is 35.9 Å². The number of methoxy groups -OCH3 is 1. The summed E-state index contributed by atoms with van der Waals surface area (Å²) in [5.74, 6) is 0.0305. The van der Waals surface area contributed by atoms with Gasteiger partial charge in [-0.2, -0.15) is 0 Å². The van der Waals surface area contributed by atoms with Gasteiger partial charge in [-0.25, -0.2) is 0 Å². The van der Waals surface area contributed by atoms with Gasteiger partial charge in [0, 0.05) is 19.2 Å². The molecule has 1 aromatic carbocycles. The fourth-order valence-corrected chi connectivity index (χ4v) is 2.03. The Labute approximate surface area is 122 Å². The minimum Gasteiger partial charge on any atom is -0.375 e. The van der Waals surface area contributed by atoms with Crippen LogP contribution in [0.3, 0.4) is 0 Å². The molecular formula is C16H26N2O2. The molecule has 1 N–H and O–H groups in total. The lowest BCUT2D eigenvalue weighted by Gasteiger charge is -2.25. The van der Waals surface area contributed by atoms with Crippen molar-refractivity contribution in [3.63, 3.8) is 0 Å². The maximum atomic E-state index is 11.9. The van der Waals surface area contributed by atoms with Gasteiger partial charge in [0.05, 0.1) is 12.6 Å². The predicted octanol–water partition coefficient (Wildman–Crippen LogP) is 2.22. The zero-order chi connectivity index (χ0) is 15.2. The average molecular weight is 278 g/mol. The first-order valence-corrected chi connectivity index (χ1v) is 6.89. The van der Waals surface area contributed by atoms with Gasteiger partial charge in [-0.3, -0.25) is 9.69 Å². The van der Waals surface area contributed by atoms with E-state index < -0.39 is 0 Å². The highest BCUT2D eigenvalue weighted by Gasteiger charge is 2.18. The fourth-order valence-electron chi connectivity index (χ4n) is 2.03. The lowest BCUT2D eigenvalue weighted by molar-refractivity contribution is -0.123. The van der Waals surface area contributed by atoms with Crippen LogP contribution < -0.4 is 5.32 Å². The highest BCUT2D eigenvalue weighted by molar-refractivity contribution is 5.78. The standard InChI is InChI=1S/C16H26N2O2/c1-16(2,3)17-15(19)12-18(4)11-14(20-5)13-9-7-6-8-10-13/h6-10,14H,11-12H2,1-5H3,(H,17,19)/t14-/m0/s1. The van der Waals surface area contributed by atoms with E-state index >= 15 is 0 Å². The molecule has 0 aliphatic heterocycles. The van der Waals surface area contributed by atoms with Gasteiger partial charge in [-0.15, -0.1) is 0 Å². The van der Waals surface area contributed by atoms with Crippen molar-refractivity contribution in [1.82, 2.24) is 10.2 Å². The average Bonchev–Trinajstić information content (AvgIpc) is 2.34. The molecule has 4 nitrogen and oxygen atoms in total. The summed E-state index contributed by atoms with van der Waals surface area (Å²) in [5.41, 5.74) is 0.927. The fraction of sp³-hybridized carbons (Fsp3) is 0.562. The van der Waals surface area contributed by atoms with Crippen molar-refractivity contribution in [1.29, 1.82) is 0 Å². The van der Waals surface area contributed by atoms with E-state index in [1.54, 1.807) is 7.11 Å². The highest BCUT2D eigenvalue weighted by atomic mass is 16.5. The smallest absolute Gasteiger partial charge is 0.234 e. The maximum Gasteiger partial charge on any atom is 0.234 e. The number of nitrogens with one attached hydrogen (secondary N) is 1. The van der Waals surface area contributed by atoms with Crippen LogP contribution in [0.4, 0.5) is 0 Å². The second-order valence-electron chi connectivity index (χ2n) is 6.13. The van der Waals surface area contributed by atoms with Crippen LogP contribution in [-0.2, 0) is 9.53 Å². The van der Waals surface area contributed by atoms with Gasteiger partial charge in [-0.1, -0.05) is 30.3 Å². The minimum atomic E-state index is -0.196. The molecule has 0 aliphatic rings. The van der Waals surface area contributed by atoms with Crippen LogP contribution in [0, 0.1) is 0 Å². The van der Waals surface area contributed by atoms with Crippen molar-refractivity contribution in [2.75, 3.05) is 27.2 Å². The van der Waals surface area contributed by atoms with Crippen molar-refractivity contribution < 1.29 is 9.53 Å². The van der Waals surface area contributed by atoms with Gasteiger partial charge in [0.15, 0.2) is 0 Å². The number of likely N-dealkylation sites (N-methyl/N-ethyl adjacent to an activating group) is 1. The first-order valence-electron chi connectivity index (χ1n) is 6.89. The Hall–Kier alpha value is -1.39. The van der Waals surface area contributed by atoms with Crippen LogP contribution in [0.25, 0.3) is 0 Å². The van der Waals surface area contributed by atoms with E-state index in [0.29, 0.717) is 13.1 Å². The van der Waals surface area contributed by atoms with Gasteiger partial charge in [0.25, 0.3) is 0 Å². The first-order chi connectivity index (χ1) is 9.31. The van der Waals surface area contributed by atoms with E-state index in [-0.39, 0.29) is 17.6 Å². The molecule has 0 unspecified atom stereocenters. The number of amides is 1. The summed E-state index contributed by atoms with van der Waals surface area (Å²) >= 11 is 0. The molecule has 0 fully saturated rings. The summed E-state index contributed by atoms with van der Waals surface area (Å²) < 4.78 is 5.52. The number of carbonyl (C=O) groups excluding carboxylic acids is 1. The third-order valence-corrected chi connectivity index (χ3v) is 2.86. The number of benzene rings is 1. The van der Waals surface area contributed by atoms with E-state index in [9.17, 15) is 4.79 Å². The lowest BCUT2D eigenvalue weighted by atomic mass is 10.1. The minimum absolute atomic E-state index is 0.0244. The molecular weight excluding hydrogens is 252 g/mol. The van der Waals surface area contributed by atoms with E-state index in [1.807, 2.05) is 63.1 Å². The summed E-state index contributed by atoms with van der Waals surface area (Å²) in [6.45, 7) is 6.98. The van der Waals surface area contributed by atoms with E-state index in [4.69, 9.17) is 4.74 Å². The van der Waals surface area contributed by atoms with Crippen LogP contribution in [0.5, 0.6) is 0 Å². The monoisotopic (exact) mass is 278 g/mol. The van der Waals surface area contributed by atoms with Crippen molar-refractivity contribution in [2.45, 2.75) is 32.4 Å². The summed E-state index contributed by atoms with van der Waals surface area (Å²) in [6, 6.07) is 10.0. The lowest BCUT2D eigenvalue weighted by Crippen LogP contribution is -2.45. The van der Waals surface area contributed by atoms with Gasteiger partial charge in [-0.05, 0) is 33.4 Å². The number of ether oxygens (including phenoxy) is 1. The second kappa shape index (κ2) is 7.41. The van der Waals surface area contributed by atoms with E-state index in [2.05, 4.69) is 5.32 Å². The number of hydrogen-bond acceptors (Lipinski definition) is 3. The molecule has 0 aromatic heterocycles. The molecule has 4 heteroatoms. The predicted molar refractivity (Wildman–Crippen MR) is 81.6 cm³/mol. The molecule has 20 heavy (non-hydrogen) atoms. The molecule has 112 valence electrons. The van der Waals surface area contributed by atoms with Gasteiger partial charge in [0.2, 0.25) is 5.91 Å². The summed E-state index contributed by atoms with van der Waals surface area (Å²) in [7, 11) is 3.62. The molecule has 0 heterocycles. The SMILES string of the molecule is CO[C@@H](CN(C)CC(=O)NC(C)(C)C)c1ccccc1. The van der Waals surface area contributed by atoms with Gasteiger partial charge < -0.3 is 10.1 Å². The number of carbonyl (C=O) groups is 1. The third kappa shape index (κ3) is 6.17. The van der Waals surface area contributed by atoms with Gasteiger partial charge in [0.1, 0.15) is 0 Å². The Bertz CT molecular complexity index is 412. The number of hydrogen-bond donors (Lipinski definition) is 1. The summed E-state index contributed by atoms with van der Waals surface area (Å²) in [5, 5.41) is 2.96. The Morgan fingerprint density at radius 2 is 1.90 bits per heavy atom. The Morgan fingerprint density at radius 1 is 1.30 bits per heavy atom. The van der Waals surface area contributed by atoms with Crippen LogP contribution in [0.15, 0.2) is 30.3 Å². The first kappa shape index (κ1) is 16.7. The van der Waals surface area contributed by atoms with Crippen LogP contribution >= 0.6 is 0 Å². The van der Waals surface area contributed by atoms with Crippen molar-refractivity contribution in [3.8, 4) is 0 Å². The molecule has 1 amide bonds. The van der Waals surface area contributed by atoms with Crippen molar-refractivity contribution >= 4 is 5.91 Å². The highest BCUT2D eigenvalue weighted by Crippen LogP contribution is 2.16. The normalized spacial score (nSPS) is 13.3. The van der Waals surface area contributed by atoms with E-state index in [0.717, 1.165) is 5.56 Å². The molecule has 0 saturated heterocycles. The quantitative estimate of drug-likeness (QED) is 0.867. The zero-order valence-corrected chi connectivity index (χ0v) is 13.1. The number of rotatable bonds is 6. The van der Waals surface area contributed by atoms with Crippen LogP contribution in [0.1, 0.15) is 32.4 Å². The Kier molecular flexibility index (Phi) is 6.17. The maximum absolute atomic E-state index is 11.9. The molecule has 0 aliphatic carbocycles. The van der Waals surface area contributed by atoms with Crippen LogP contribution in [-0.4, -0.2) is 43.6 Å². The second-order valence-corrected chi connectivity index (χ2v) is 6.13. The summed E-state index contributed by atoms with van der Waals surface area (Å²) in [4.78, 5) is 13.9. The largest absolute Gasteiger partial charge is 0.375 e. The summed E-state index contributed by atoms with van der Waals surface area (Å²) in [6.07, 6.45) is -0.0244. The van der Waals surface area contributed by atoms with E-state index in [1.165, 1.54) is 0 Å². The molecule has 1 rings (SSSR count). The Morgan fingerprint density at radius 3 is 2.40 bits per heavy atom.